The summed E-state index contributed by atoms with van der Waals surface area (Å²) in [6.07, 6.45) is 0. The Morgan fingerprint density at radius 1 is 1.39 bits per heavy atom. The first kappa shape index (κ1) is 13.1. The lowest BCUT2D eigenvalue weighted by atomic mass is 10.2. The van der Waals surface area contributed by atoms with E-state index in [0.717, 1.165) is 16.8 Å². The van der Waals surface area contributed by atoms with E-state index in [1.807, 2.05) is 20.9 Å². The van der Waals surface area contributed by atoms with Crippen LogP contribution < -0.4 is 4.74 Å². The molecular weight excluding hydrogens is 299 g/mol. The van der Waals surface area contributed by atoms with Gasteiger partial charge in [-0.2, -0.15) is 5.10 Å². The van der Waals surface area contributed by atoms with E-state index < -0.39 is 0 Å². The van der Waals surface area contributed by atoms with Crippen LogP contribution in [-0.4, -0.2) is 9.78 Å². The molecule has 0 radical (unpaired) electrons. The number of ether oxygens (including phenoxy) is 1. The summed E-state index contributed by atoms with van der Waals surface area (Å²) in [6, 6.07) is 4.50. The third-order valence-corrected chi connectivity index (χ3v) is 3.34. The normalized spacial score (nSPS) is 10.7. The van der Waals surface area contributed by atoms with Crippen molar-refractivity contribution >= 4 is 15.9 Å². The lowest BCUT2D eigenvalue weighted by Gasteiger charge is -2.10. The van der Waals surface area contributed by atoms with Crippen LogP contribution in [0.1, 0.15) is 16.8 Å². The van der Waals surface area contributed by atoms with Gasteiger partial charge in [0.25, 0.3) is 0 Å². The van der Waals surface area contributed by atoms with Crippen molar-refractivity contribution in [1.82, 2.24) is 9.78 Å². The number of nitrogens with zero attached hydrogens (tertiary/aromatic N) is 2. The minimum atomic E-state index is -0.310. The van der Waals surface area contributed by atoms with Gasteiger partial charge in [-0.3, -0.25) is 0 Å². The Bertz CT molecular complexity index is 581. The number of hydrogen-bond acceptors (Lipinski definition) is 2. The molecule has 0 amide bonds. The van der Waals surface area contributed by atoms with E-state index >= 15 is 0 Å². The van der Waals surface area contributed by atoms with Crippen LogP contribution in [0.2, 0.25) is 0 Å². The Morgan fingerprint density at radius 3 is 2.78 bits per heavy atom. The van der Waals surface area contributed by atoms with Crippen molar-refractivity contribution in [2.45, 2.75) is 19.2 Å². The average Bonchev–Trinajstić information content (AvgIpc) is 2.58. The van der Waals surface area contributed by atoms with E-state index in [0.29, 0.717) is 17.0 Å². The second-order valence-electron chi connectivity index (χ2n) is 4.14. The summed E-state index contributed by atoms with van der Waals surface area (Å²) in [5.41, 5.74) is 2.76. The lowest BCUT2D eigenvalue weighted by molar-refractivity contribution is 0.421. The van der Waals surface area contributed by atoms with Crippen molar-refractivity contribution in [3.63, 3.8) is 0 Å². The van der Waals surface area contributed by atoms with Crippen LogP contribution >= 0.6 is 15.9 Å². The zero-order valence-corrected chi connectivity index (χ0v) is 12.1. The van der Waals surface area contributed by atoms with Crippen molar-refractivity contribution in [3.8, 4) is 11.6 Å². The quantitative estimate of drug-likeness (QED) is 0.805. The number of halogens is 2. The fraction of sp³-hybridized carbons (Fsp3) is 0.308. The molecule has 3 nitrogen and oxygen atoms in total. The van der Waals surface area contributed by atoms with E-state index in [1.165, 1.54) is 12.1 Å². The number of benzene rings is 1. The minimum Gasteiger partial charge on any atom is -0.439 e. The molecule has 0 aliphatic heterocycles. The molecule has 1 aromatic carbocycles. The van der Waals surface area contributed by atoms with E-state index in [9.17, 15) is 4.39 Å². The molecule has 0 aliphatic rings. The van der Waals surface area contributed by atoms with Gasteiger partial charge in [-0.25, -0.2) is 9.07 Å². The molecule has 0 atom stereocenters. The predicted molar refractivity (Wildman–Crippen MR) is 71.8 cm³/mol. The summed E-state index contributed by atoms with van der Waals surface area (Å²) in [6.45, 7) is 3.80. The first-order valence-electron chi connectivity index (χ1n) is 5.55. The molecule has 0 N–H and O–H groups in total. The van der Waals surface area contributed by atoms with Gasteiger partial charge in [0.15, 0.2) is 0 Å². The maximum Gasteiger partial charge on any atom is 0.221 e. The Balaban J connectivity index is 2.42. The molecule has 0 saturated heterocycles. The highest BCUT2D eigenvalue weighted by Crippen LogP contribution is 2.30. The fourth-order valence-corrected chi connectivity index (χ4v) is 2.40. The van der Waals surface area contributed by atoms with Gasteiger partial charge in [0.2, 0.25) is 5.88 Å². The zero-order chi connectivity index (χ0) is 13.3. The zero-order valence-electron chi connectivity index (χ0n) is 10.5. The minimum absolute atomic E-state index is 0.310. The molecule has 0 bridgehead atoms. The predicted octanol–water partition coefficient (Wildman–Crippen LogP) is 3.86. The molecule has 18 heavy (non-hydrogen) atoms. The number of hydrogen-bond donors (Lipinski definition) is 0. The Hall–Kier alpha value is -1.36. The van der Waals surface area contributed by atoms with Crippen LogP contribution in [0, 0.1) is 19.7 Å². The maximum atomic E-state index is 13.2. The molecule has 96 valence electrons. The van der Waals surface area contributed by atoms with Gasteiger partial charge in [-0.15, -0.1) is 0 Å². The summed E-state index contributed by atoms with van der Waals surface area (Å²) in [4.78, 5) is 0. The van der Waals surface area contributed by atoms with E-state index in [-0.39, 0.29) is 5.82 Å². The second kappa shape index (κ2) is 5.10. The molecule has 1 heterocycles. The van der Waals surface area contributed by atoms with Gasteiger partial charge >= 0.3 is 0 Å². The van der Waals surface area contributed by atoms with Crippen molar-refractivity contribution in [3.05, 3.63) is 40.8 Å². The molecule has 0 fully saturated rings. The lowest BCUT2D eigenvalue weighted by Crippen LogP contribution is -1.98. The number of aromatic nitrogens is 2. The van der Waals surface area contributed by atoms with Gasteiger partial charge in [0, 0.05) is 24.0 Å². The third-order valence-electron chi connectivity index (χ3n) is 2.78. The number of rotatable bonds is 3. The van der Waals surface area contributed by atoms with E-state index in [4.69, 9.17) is 4.74 Å². The monoisotopic (exact) mass is 312 g/mol. The first-order chi connectivity index (χ1) is 8.52. The standard InChI is InChI=1S/C13H14BrFN2O/c1-8-4-5-10(15)6-12(8)18-13-11(7-14)9(2)16-17(13)3/h4-6H,7H2,1-3H3. The molecule has 0 unspecified atom stereocenters. The van der Waals surface area contributed by atoms with Gasteiger partial charge in [0.1, 0.15) is 11.6 Å². The Kier molecular flexibility index (Phi) is 3.71. The smallest absolute Gasteiger partial charge is 0.221 e. The highest BCUT2D eigenvalue weighted by molar-refractivity contribution is 9.08. The number of aryl methyl sites for hydroxylation is 3. The molecule has 0 spiro atoms. The van der Waals surface area contributed by atoms with Gasteiger partial charge < -0.3 is 4.74 Å². The third kappa shape index (κ3) is 2.41. The summed E-state index contributed by atoms with van der Waals surface area (Å²) < 4.78 is 20.7. The van der Waals surface area contributed by atoms with Crippen molar-refractivity contribution in [1.29, 1.82) is 0 Å². The fourth-order valence-electron chi connectivity index (χ4n) is 1.75. The molecule has 2 rings (SSSR count). The molecular formula is C13H14BrFN2O. The highest BCUT2D eigenvalue weighted by Gasteiger charge is 2.15. The van der Waals surface area contributed by atoms with Crippen LogP contribution in [0.15, 0.2) is 18.2 Å². The molecule has 0 saturated carbocycles. The highest BCUT2D eigenvalue weighted by atomic mass is 79.9. The second-order valence-corrected chi connectivity index (χ2v) is 4.70. The van der Waals surface area contributed by atoms with Crippen LogP contribution in [-0.2, 0) is 12.4 Å². The Labute approximate surface area is 114 Å². The topological polar surface area (TPSA) is 27.1 Å². The maximum absolute atomic E-state index is 13.2. The van der Waals surface area contributed by atoms with E-state index in [1.54, 1.807) is 10.7 Å². The molecule has 1 aromatic heterocycles. The van der Waals surface area contributed by atoms with Crippen LogP contribution in [0.25, 0.3) is 0 Å². The van der Waals surface area contributed by atoms with Gasteiger partial charge in [-0.1, -0.05) is 22.0 Å². The van der Waals surface area contributed by atoms with Crippen LogP contribution in [0.4, 0.5) is 4.39 Å². The summed E-state index contributed by atoms with van der Waals surface area (Å²) in [5.74, 6) is 0.841. The average molecular weight is 313 g/mol. The SMILES string of the molecule is Cc1ccc(F)cc1Oc1c(CBr)c(C)nn1C. The molecule has 0 aliphatic carbocycles. The van der Waals surface area contributed by atoms with Gasteiger partial charge in [-0.05, 0) is 25.5 Å². The Morgan fingerprint density at radius 2 is 2.11 bits per heavy atom. The van der Waals surface area contributed by atoms with Gasteiger partial charge in [0.05, 0.1) is 5.69 Å². The van der Waals surface area contributed by atoms with Crippen molar-refractivity contribution < 1.29 is 9.13 Å². The van der Waals surface area contributed by atoms with Crippen LogP contribution in [0.5, 0.6) is 11.6 Å². The number of alkyl halides is 1. The largest absolute Gasteiger partial charge is 0.439 e. The summed E-state index contributed by atoms with van der Waals surface area (Å²) in [5, 5.41) is 4.95. The van der Waals surface area contributed by atoms with Crippen molar-refractivity contribution in [2.24, 2.45) is 7.05 Å². The summed E-state index contributed by atoms with van der Waals surface area (Å²) >= 11 is 3.41. The van der Waals surface area contributed by atoms with Crippen LogP contribution in [0.3, 0.4) is 0 Å². The molecule has 5 heteroatoms. The summed E-state index contributed by atoms with van der Waals surface area (Å²) in [7, 11) is 1.81. The van der Waals surface area contributed by atoms with E-state index in [2.05, 4.69) is 21.0 Å². The first-order valence-corrected chi connectivity index (χ1v) is 6.67. The van der Waals surface area contributed by atoms with Crippen molar-refractivity contribution in [2.75, 3.05) is 0 Å². The molecule has 2 aromatic rings.